The van der Waals surface area contributed by atoms with E-state index in [1.54, 1.807) is 0 Å². The first-order valence-electron chi connectivity index (χ1n) is 5.68. The highest BCUT2D eigenvalue weighted by atomic mass is 79.9. The molecule has 3 nitrogen and oxygen atoms in total. The Kier molecular flexibility index (Phi) is 6.22. The number of carboxylic acid groups (broad SMARTS) is 1. The van der Waals surface area contributed by atoms with E-state index in [1.807, 2.05) is 31.2 Å². The molecule has 1 rings (SSSR count). The Morgan fingerprint density at radius 1 is 1.41 bits per heavy atom. The van der Waals surface area contributed by atoms with Crippen LogP contribution in [0, 0.1) is 5.92 Å². The van der Waals surface area contributed by atoms with E-state index in [4.69, 9.17) is 9.84 Å². The van der Waals surface area contributed by atoms with Crippen molar-refractivity contribution in [3.63, 3.8) is 0 Å². The molecule has 0 heterocycles. The summed E-state index contributed by atoms with van der Waals surface area (Å²) in [7, 11) is 0. The molecule has 1 unspecified atom stereocenters. The van der Waals surface area contributed by atoms with Crippen molar-refractivity contribution in [2.75, 3.05) is 13.2 Å². The van der Waals surface area contributed by atoms with Gasteiger partial charge in [-0.3, -0.25) is 4.79 Å². The maximum atomic E-state index is 11.1. The molecule has 17 heavy (non-hydrogen) atoms. The molecule has 0 aliphatic heterocycles. The van der Waals surface area contributed by atoms with E-state index in [9.17, 15) is 4.79 Å². The van der Waals surface area contributed by atoms with Gasteiger partial charge in [0, 0.05) is 17.7 Å². The van der Waals surface area contributed by atoms with Crippen LogP contribution in [-0.2, 0) is 16.0 Å². The minimum atomic E-state index is -0.757. The van der Waals surface area contributed by atoms with Gasteiger partial charge in [-0.1, -0.05) is 28.1 Å². The molecule has 0 saturated carbocycles. The van der Waals surface area contributed by atoms with Gasteiger partial charge >= 0.3 is 5.97 Å². The van der Waals surface area contributed by atoms with Gasteiger partial charge in [0.05, 0.1) is 5.92 Å². The Labute approximate surface area is 110 Å². The average molecular weight is 301 g/mol. The summed E-state index contributed by atoms with van der Waals surface area (Å²) in [5.41, 5.74) is 1.04. The number of hydrogen-bond donors (Lipinski definition) is 1. The highest BCUT2D eigenvalue weighted by Gasteiger charge is 2.17. The van der Waals surface area contributed by atoms with Crippen molar-refractivity contribution in [1.29, 1.82) is 0 Å². The van der Waals surface area contributed by atoms with E-state index >= 15 is 0 Å². The van der Waals surface area contributed by atoms with Gasteiger partial charge in [0.2, 0.25) is 0 Å². The zero-order chi connectivity index (χ0) is 12.7. The second-order valence-corrected chi connectivity index (χ2v) is 4.77. The van der Waals surface area contributed by atoms with Crippen molar-refractivity contribution in [1.82, 2.24) is 0 Å². The van der Waals surface area contributed by atoms with Crippen LogP contribution in [0.2, 0.25) is 0 Å². The van der Waals surface area contributed by atoms with E-state index in [0.29, 0.717) is 26.1 Å². The number of benzene rings is 1. The zero-order valence-corrected chi connectivity index (χ0v) is 11.4. The molecule has 0 radical (unpaired) electrons. The Morgan fingerprint density at radius 2 is 2.06 bits per heavy atom. The van der Waals surface area contributed by atoms with Crippen molar-refractivity contribution < 1.29 is 14.6 Å². The third kappa shape index (κ3) is 5.33. The lowest BCUT2D eigenvalue weighted by atomic mass is 9.97. The lowest BCUT2D eigenvalue weighted by Gasteiger charge is -2.12. The van der Waals surface area contributed by atoms with Gasteiger partial charge in [-0.15, -0.1) is 0 Å². The summed E-state index contributed by atoms with van der Waals surface area (Å²) in [5, 5.41) is 9.12. The van der Waals surface area contributed by atoms with Gasteiger partial charge in [-0.05, 0) is 37.5 Å². The van der Waals surface area contributed by atoms with Crippen LogP contribution >= 0.6 is 15.9 Å². The van der Waals surface area contributed by atoms with Gasteiger partial charge in [0.1, 0.15) is 0 Å². The molecule has 1 aromatic rings. The lowest BCUT2D eigenvalue weighted by molar-refractivity contribution is -0.142. The Hall–Kier alpha value is -0.870. The molecular formula is C13H17BrO3. The van der Waals surface area contributed by atoms with Gasteiger partial charge < -0.3 is 9.84 Å². The molecule has 0 aliphatic rings. The Bertz CT molecular complexity index is 348. The number of ether oxygens (including phenoxy) is 1. The quantitative estimate of drug-likeness (QED) is 0.787. The van der Waals surface area contributed by atoms with E-state index in [0.717, 1.165) is 10.0 Å². The summed E-state index contributed by atoms with van der Waals surface area (Å²) in [6.07, 6.45) is 1.11. The minimum Gasteiger partial charge on any atom is -0.481 e. The molecule has 0 aliphatic carbocycles. The standard InChI is InChI=1S/C13H17BrO3/c1-2-17-8-7-11(13(15)16)9-10-3-5-12(14)6-4-10/h3-6,11H,2,7-9H2,1H3,(H,15,16). The number of carbonyl (C=O) groups is 1. The fourth-order valence-corrected chi connectivity index (χ4v) is 1.85. The van der Waals surface area contributed by atoms with Gasteiger partial charge in [-0.25, -0.2) is 0 Å². The first-order valence-corrected chi connectivity index (χ1v) is 6.47. The fraction of sp³-hybridized carbons (Fsp3) is 0.462. The van der Waals surface area contributed by atoms with Gasteiger partial charge in [0.25, 0.3) is 0 Å². The Balaban J connectivity index is 2.54. The van der Waals surface area contributed by atoms with Crippen LogP contribution in [0.25, 0.3) is 0 Å². The molecule has 0 fully saturated rings. The molecule has 0 saturated heterocycles. The van der Waals surface area contributed by atoms with Gasteiger partial charge in [0.15, 0.2) is 0 Å². The highest BCUT2D eigenvalue weighted by Crippen LogP contribution is 2.16. The molecule has 0 amide bonds. The fourth-order valence-electron chi connectivity index (χ4n) is 1.59. The van der Waals surface area contributed by atoms with Crippen molar-refractivity contribution in [2.45, 2.75) is 19.8 Å². The predicted octanol–water partition coefficient (Wildman–Crippen LogP) is 3.12. The van der Waals surface area contributed by atoms with Crippen LogP contribution < -0.4 is 0 Å². The number of hydrogen-bond acceptors (Lipinski definition) is 2. The number of aliphatic carboxylic acids is 1. The maximum Gasteiger partial charge on any atom is 0.306 e. The van der Waals surface area contributed by atoms with Crippen LogP contribution in [0.15, 0.2) is 28.7 Å². The average Bonchev–Trinajstić information content (AvgIpc) is 2.30. The second-order valence-electron chi connectivity index (χ2n) is 3.85. The van der Waals surface area contributed by atoms with E-state index < -0.39 is 5.97 Å². The van der Waals surface area contributed by atoms with Gasteiger partial charge in [-0.2, -0.15) is 0 Å². The van der Waals surface area contributed by atoms with E-state index in [2.05, 4.69) is 15.9 Å². The van der Waals surface area contributed by atoms with Crippen molar-refractivity contribution >= 4 is 21.9 Å². The molecule has 0 bridgehead atoms. The molecule has 1 atom stereocenters. The summed E-state index contributed by atoms with van der Waals surface area (Å²) < 4.78 is 6.20. The van der Waals surface area contributed by atoms with Crippen molar-refractivity contribution in [2.24, 2.45) is 5.92 Å². The predicted molar refractivity (Wildman–Crippen MR) is 70.1 cm³/mol. The van der Waals surface area contributed by atoms with E-state index in [1.165, 1.54) is 0 Å². The largest absolute Gasteiger partial charge is 0.481 e. The van der Waals surface area contributed by atoms with Crippen LogP contribution in [0.1, 0.15) is 18.9 Å². The third-order valence-electron chi connectivity index (χ3n) is 2.56. The summed E-state index contributed by atoms with van der Waals surface area (Å²) in [6, 6.07) is 7.75. The molecule has 1 N–H and O–H groups in total. The van der Waals surface area contributed by atoms with Crippen LogP contribution in [-0.4, -0.2) is 24.3 Å². The molecule has 4 heteroatoms. The summed E-state index contributed by atoms with van der Waals surface area (Å²) in [5.74, 6) is -1.13. The van der Waals surface area contributed by atoms with E-state index in [-0.39, 0.29) is 5.92 Å². The van der Waals surface area contributed by atoms with Crippen LogP contribution in [0.4, 0.5) is 0 Å². The molecule has 94 valence electrons. The number of halogens is 1. The monoisotopic (exact) mass is 300 g/mol. The first kappa shape index (κ1) is 14.2. The number of carboxylic acids is 1. The normalized spacial score (nSPS) is 12.4. The van der Waals surface area contributed by atoms with Crippen molar-refractivity contribution in [3.05, 3.63) is 34.3 Å². The van der Waals surface area contributed by atoms with Crippen LogP contribution in [0.3, 0.4) is 0 Å². The third-order valence-corrected chi connectivity index (χ3v) is 3.09. The topological polar surface area (TPSA) is 46.5 Å². The SMILES string of the molecule is CCOCCC(Cc1ccc(Br)cc1)C(=O)O. The van der Waals surface area contributed by atoms with Crippen molar-refractivity contribution in [3.8, 4) is 0 Å². The summed E-state index contributed by atoms with van der Waals surface area (Å²) in [6.45, 7) is 3.04. The minimum absolute atomic E-state index is 0.372. The second kappa shape index (κ2) is 7.45. The molecular weight excluding hydrogens is 284 g/mol. The zero-order valence-electron chi connectivity index (χ0n) is 9.86. The maximum absolute atomic E-state index is 11.1. The number of rotatable bonds is 7. The molecule has 0 spiro atoms. The molecule has 1 aromatic carbocycles. The lowest BCUT2D eigenvalue weighted by Crippen LogP contribution is -2.18. The molecule has 0 aromatic heterocycles. The van der Waals surface area contributed by atoms with Crippen LogP contribution in [0.5, 0.6) is 0 Å². The smallest absolute Gasteiger partial charge is 0.306 e. The summed E-state index contributed by atoms with van der Waals surface area (Å²) >= 11 is 3.36. The Morgan fingerprint density at radius 3 is 2.59 bits per heavy atom. The first-order chi connectivity index (χ1) is 8.13. The summed E-state index contributed by atoms with van der Waals surface area (Å²) in [4.78, 5) is 11.1. The highest BCUT2D eigenvalue weighted by molar-refractivity contribution is 9.10.